The standard InChI is InChI=1S/C22H28NO5PS2/c1-5-12-31(25)20-14-19(28-29(30,26-7-3)27-15(4)6-2)22(24)17-13-16-10-8-9-11-18(16)23-21(17)20/h8-11,13-15,24H,5-7,12H2,1-4H3. The van der Waals surface area contributed by atoms with Crippen molar-refractivity contribution >= 4 is 51.1 Å². The molecule has 0 radical (unpaired) electrons. The molecule has 0 fully saturated rings. The van der Waals surface area contributed by atoms with Gasteiger partial charge in [0.2, 0.25) is 0 Å². The van der Waals surface area contributed by atoms with Crippen LogP contribution in [0.4, 0.5) is 0 Å². The minimum Gasteiger partial charge on any atom is -0.504 e. The van der Waals surface area contributed by atoms with Gasteiger partial charge < -0.3 is 9.63 Å². The van der Waals surface area contributed by atoms with E-state index in [-0.39, 0.29) is 17.6 Å². The summed E-state index contributed by atoms with van der Waals surface area (Å²) in [4.78, 5) is 5.19. The molecule has 1 aromatic heterocycles. The molecule has 0 saturated carbocycles. The van der Waals surface area contributed by atoms with Gasteiger partial charge in [0.15, 0.2) is 11.5 Å². The summed E-state index contributed by atoms with van der Waals surface area (Å²) in [7, 11) is -1.32. The summed E-state index contributed by atoms with van der Waals surface area (Å²) in [6, 6.07) is 11.0. The van der Waals surface area contributed by atoms with Crippen molar-refractivity contribution in [2.45, 2.75) is 51.5 Å². The number of phenols is 1. The highest BCUT2D eigenvalue weighted by Gasteiger charge is 2.28. The van der Waals surface area contributed by atoms with E-state index in [0.29, 0.717) is 28.2 Å². The molecule has 1 N–H and O–H groups in total. The number of pyridine rings is 1. The Morgan fingerprint density at radius 2 is 1.97 bits per heavy atom. The topological polar surface area (TPSA) is 77.9 Å². The molecule has 0 aliphatic carbocycles. The molecule has 0 amide bonds. The van der Waals surface area contributed by atoms with Crippen molar-refractivity contribution < 1.29 is 22.9 Å². The van der Waals surface area contributed by atoms with E-state index in [4.69, 9.17) is 25.4 Å². The highest BCUT2D eigenvalue weighted by Crippen LogP contribution is 2.54. The fourth-order valence-corrected chi connectivity index (χ4v) is 6.70. The third-order valence-electron chi connectivity index (χ3n) is 4.72. The maximum Gasteiger partial charge on any atom is 0.380 e. The Kier molecular flexibility index (Phi) is 8.05. The minimum absolute atomic E-state index is 0.101. The second kappa shape index (κ2) is 10.4. The minimum atomic E-state index is -3.18. The number of hydrogen-bond acceptors (Lipinski definition) is 7. The third-order valence-corrected chi connectivity index (χ3v) is 8.72. The number of benzene rings is 2. The monoisotopic (exact) mass is 481 g/mol. The molecule has 3 atom stereocenters. The van der Waals surface area contributed by atoms with Gasteiger partial charge >= 0.3 is 6.72 Å². The van der Waals surface area contributed by atoms with Crippen LogP contribution in [0.15, 0.2) is 41.3 Å². The summed E-state index contributed by atoms with van der Waals surface area (Å²) in [6.45, 7) is 4.77. The van der Waals surface area contributed by atoms with E-state index >= 15 is 0 Å². The lowest BCUT2D eigenvalue weighted by molar-refractivity contribution is 0.156. The van der Waals surface area contributed by atoms with E-state index in [0.717, 1.165) is 23.7 Å². The number of fused-ring (bicyclic) bond motifs is 2. The van der Waals surface area contributed by atoms with Gasteiger partial charge in [0, 0.05) is 34.4 Å². The summed E-state index contributed by atoms with van der Waals surface area (Å²) in [5.74, 6) is 0.452. The molecule has 2 aromatic carbocycles. The first-order valence-corrected chi connectivity index (χ1v) is 14.3. The molecule has 0 aliphatic heterocycles. The van der Waals surface area contributed by atoms with Crippen LogP contribution in [0.25, 0.3) is 21.8 Å². The van der Waals surface area contributed by atoms with Gasteiger partial charge in [-0.05, 0) is 38.8 Å². The Morgan fingerprint density at radius 1 is 1.23 bits per heavy atom. The number of phenolic OH excluding ortho intramolecular Hbond substituents is 1. The first-order chi connectivity index (χ1) is 14.8. The molecule has 0 spiro atoms. The number of para-hydroxylation sites is 1. The van der Waals surface area contributed by atoms with Crippen molar-refractivity contribution in [1.29, 1.82) is 0 Å². The zero-order chi connectivity index (χ0) is 22.6. The van der Waals surface area contributed by atoms with Crippen molar-refractivity contribution in [3.05, 3.63) is 36.4 Å². The van der Waals surface area contributed by atoms with Gasteiger partial charge in [0.05, 0.1) is 39.4 Å². The lowest BCUT2D eigenvalue weighted by atomic mass is 10.1. The first-order valence-electron chi connectivity index (χ1n) is 10.4. The van der Waals surface area contributed by atoms with Crippen LogP contribution in [-0.4, -0.2) is 32.8 Å². The first kappa shape index (κ1) is 24.1. The fraction of sp³-hybridized carbons (Fsp3) is 0.409. The number of rotatable bonds is 10. The highest BCUT2D eigenvalue weighted by atomic mass is 32.5. The normalized spacial score (nSPS) is 15.6. The average Bonchev–Trinajstić information content (AvgIpc) is 2.74. The van der Waals surface area contributed by atoms with Crippen molar-refractivity contribution in [3.8, 4) is 11.5 Å². The summed E-state index contributed by atoms with van der Waals surface area (Å²) >= 11 is 5.59. The molecule has 3 unspecified atom stereocenters. The van der Waals surface area contributed by atoms with Gasteiger partial charge in [0.1, 0.15) is 0 Å². The second-order valence-electron chi connectivity index (χ2n) is 7.13. The zero-order valence-electron chi connectivity index (χ0n) is 18.2. The molecule has 3 aromatic rings. The van der Waals surface area contributed by atoms with E-state index in [1.54, 1.807) is 6.07 Å². The fourth-order valence-electron chi connectivity index (χ4n) is 3.06. The van der Waals surface area contributed by atoms with Gasteiger partial charge in [-0.2, -0.15) is 0 Å². The lowest BCUT2D eigenvalue weighted by Gasteiger charge is -2.25. The van der Waals surface area contributed by atoms with E-state index < -0.39 is 17.5 Å². The predicted octanol–water partition coefficient (Wildman–Crippen LogP) is 6.07. The predicted molar refractivity (Wildman–Crippen MR) is 130 cm³/mol. The number of nitrogens with zero attached hydrogens (tertiary/aromatic N) is 1. The zero-order valence-corrected chi connectivity index (χ0v) is 20.7. The number of aromatic hydroxyl groups is 1. The van der Waals surface area contributed by atoms with E-state index in [2.05, 4.69) is 4.98 Å². The van der Waals surface area contributed by atoms with Gasteiger partial charge in [0.25, 0.3) is 0 Å². The van der Waals surface area contributed by atoms with Crippen molar-refractivity contribution in [1.82, 2.24) is 4.98 Å². The van der Waals surface area contributed by atoms with Crippen molar-refractivity contribution in [2.75, 3.05) is 12.4 Å². The largest absolute Gasteiger partial charge is 0.504 e. The molecular formula is C22H28NO5PS2. The SMILES string of the molecule is CCCS(=O)c1cc(OP(=S)(OCC)OC(C)CC)c(O)c2cc3ccccc3nc12. The van der Waals surface area contributed by atoms with Crippen LogP contribution >= 0.6 is 6.72 Å². The molecule has 1 heterocycles. The summed E-state index contributed by atoms with van der Waals surface area (Å²) in [5.41, 5.74) is 1.25. The molecule has 0 saturated heterocycles. The van der Waals surface area contributed by atoms with Crippen LogP contribution < -0.4 is 4.52 Å². The average molecular weight is 482 g/mol. The second-order valence-corrected chi connectivity index (χ2v) is 11.6. The molecule has 0 bridgehead atoms. The van der Waals surface area contributed by atoms with Crippen LogP contribution in [0.1, 0.15) is 40.5 Å². The van der Waals surface area contributed by atoms with Crippen LogP contribution in [0.2, 0.25) is 0 Å². The van der Waals surface area contributed by atoms with E-state index in [1.165, 1.54) is 0 Å². The molecule has 6 nitrogen and oxygen atoms in total. The summed E-state index contributed by atoms with van der Waals surface area (Å²) in [5, 5.41) is 12.4. The Balaban J connectivity index is 2.21. The van der Waals surface area contributed by atoms with Gasteiger partial charge in [-0.3, -0.25) is 13.3 Å². The van der Waals surface area contributed by atoms with Crippen LogP contribution in [-0.2, 0) is 31.7 Å². The molecule has 0 aliphatic rings. The molecular weight excluding hydrogens is 453 g/mol. The van der Waals surface area contributed by atoms with Crippen LogP contribution in [0, 0.1) is 0 Å². The van der Waals surface area contributed by atoms with Crippen molar-refractivity contribution in [3.63, 3.8) is 0 Å². The van der Waals surface area contributed by atoms with Gasteiger partial charge in [-0.1, -0.05) is 32.0 Å². The quantitative estimate of drug-likeness (QED) is 0.278. The van der Waals surface area contributed by atoms with Crippen LogP contribution in [0.3, 0.4) is 0 Å². The molecule has 9 heteroatoms. The Labute approximate surface area is 190 Å². The third kappa shape index (κ3) is 5.44. The molecule has 168 valence electrons. The van der Waals surface area contributed by atoms with Gasteiger partial charge in [-0.25, -0.2) is 4.98 Å². The summed E-state index contributed by atoms with van der Waals surface area (Å²) < 4.78 is 30.6. The lowest BCUT2D eigenvalue weighted by Crippen LogP contribution is -2.10. The van der Waals surface area contributed by atoms with Gasteiger partial charge in [-0.15, -0.1) is 0 Å². The number of aromatic nitrogens is 1. The van der Waals surface area contributed by atoms with E-state index in [9.17, 15) is 9.32 Å². The number of hydrogen-bond donors (Lipinski definition) is 1. The maximum absolute atomic E-state index is 13.0. The van der Waals surface area contributed by atoms with Crippen LogP contribution in [0.5, 0.6) is 11.5 Å². The Bertz CT molecular complexity index is 1150. The molecule has 3 rings (SSSR count). The van der Waals surface area contributed by atoms with Crippen molar-refractivity contribution in [2.24, 2.45) is 0 Å². The Morgan fingerprint density at radius 3 is 2.65 bits per heavy atom. The highest BCUT2D eigenvalue weighted by molar-refractivity contribution is 8.07. The maximum atomic E-state index is 13.0. The van der Waals surface area contributed by atoms with E-state index in [1.807, 2.05) is 58.0 Å². The molecule has 31 heavy (non-hydrogen) atoms. The smallest absolute Gasteiger partial charge is 0.380 e. The summed E-state index contributed by atoms with van der Waals surface area (Å²) in [6.07, 6.45) is 1.31. The Hall–Kier alpha value is -1.57.